The van der Waals surface area contributed by atoms with Crippen LogP contribution in [-0.2, 0) is 19.1 Å². The number of ether oxygens (including phenoxy) is 2. The lowest BCUT2D eigenvalue weighted by Crippen LogP contribution is -2.59. The lowest BCUT2D eigenvalue weighted by Gasteiger charge is -2.39. The Balaban J connectivity index is 1.25. The Morgan fingerprint density at radius 3 is 2.34 bits per heavy atom. The van der Waals surface area contributed by atoms with Crippen LogP contribution in [0, 0.1) is 5.92 Å². The molecule has 2 unspecified atom stereocenters. The van der Waals surface area contributed by atoms with Crippen LogP contribution in [-0.4, -0.2) is 65.9 Å². The van der Waals surface area contributed by atoms with E-state index in [2.05, 4.69) is 29.6 Å². The first-order valence-corrected chi connectivity index (χ1v) is 12.1. The van der Waals surface area contributed by atoms with Crippen LogP contribution in [0.5, 0.6) is 0 Å². The van der Waals surface area contributed by atoms with Crippen LogP contribution in [0.15, 0.2) is 48.5 Å². The predicted molar refractivity (Wildman–Crippen MR) is 128 cm³/mol. The van der Waals surface area contributed by atoms with E-state index in [1.807, 2.05) is 24.3 Å². The number of morpholine rings is 1. The summed E-state index contributed by atoms with van der Waals surface area (Å²) in [5.41, 5.74) is 3.07. The third-order valence-corrected chi connectivity index (χ3v) is 7.24. The maximum absolute atomic E-state index is 13.3. The molecule has 5 rings (SSSR count). The molecule has 1 heterocycles. The number of carboxylic acids is 1. The molecule has 2 N–H and O–H groups in total. The molecule has 1 saturated carbocycles. The summed E-state index contributed by atoms with van der Waals surface area (Å²) in [4.78, 5) is 39.2. The molecule has 35 heavy (non-hydrogen) atoms. The zero-order valence-corrected chi connectivity index (χ0v) is 19.7. The summed E-state index contributed by atoms with van der Waals surface area (Å²) < 4.78 is 11.1. The molecule has 2 aliphatic carbocycles. The SMILES string of the molecule is CC1(C(=O)O)CN(C(=O)C(CC2CC2)NC(=O)OCC2c3ccccc3-c3ccccc32)CCO1. The number of carboxylic acid groups (broad SMARTS) is 1. The van der Waals surface area contributed by atoms with E-state index in [4.69, 9.17) is 9.47 Å². The number of benzene rings is 2. The van der Waals surface area contributed by atoms with Crippen LogP contribution >= 0.6 is 0 Å². The van der Waals surface area contributed by atoms with Crippen LogP contribution in [0.25, 0.3) is 11.1 Å². The second-order valence-corrected chi connectivity index (χ2v) is 9.85. The largest absolute Gasteiger partial charge is 0.479 e. The van der Waals surface area contributed by atoms with Crippen molar-refractivity contribution in [2.45, 2.75) is 43.7 Å². The van der Waals surface area contributed by atoms with Crippen molar-refractivity contribution in [1.82, 2.24) is 10.2 Å². The van der Waals surface area contributed by atoms with Crippen molar-refractivity contribution in [2.75, 3.05) is 26.3 Å². The first-order valence-electron chi connectivity index (χ1n) is 12.1. The van der Waals surface area contributed by atoms with Crippen molar-refractivity contribution in [1.29, 1.82) is 0 Å². The van der Waals surface area contributed by atoms with E-state index < -0.39 is 23.7 Å². The molecule has 0 aromatic heterocycles. The fourth-order valence-electron chi connectivity index (χ4n) is 5.10. The minimum absolute atomic E-state index is 0.0608. The lowest BCUT2D eigenvalue weighted by atomic mass is 9.98. The number of amides is 2. The summed E-state index contributed by atoms with van der Waals surface area (Å²) in [5.74, 6) is -1.09. The number of alkyl carbamates (subject to hydrolysis) is 1. The Morgan fingerprint density at radius 2 is 1.74 bits per heavy atom. The van der Waals surface area contributed by atoms with Crippen molar-refractivity contribution < 1.29 is 29.0 Å². The van der Waals surface area contributed by atoms with Crippen LogP contribution in [0.4, 0.5) is 4.79 Å². The van der Waals surface area contributed by atoms with E-state index in [-0.39, 0.29) is 38.1 Å². The molecule has 3 aliphatic rings. The highest BCUT2D eigenvalue weighted by Crippen LogP contribution is 2.44. The van der Waals surface area contributed by atoms with Gasteiger partial charge in [0.15, 0.2) is 5.60 Å². The van der Waals surface area contributed by atoms with Crippen LogP contribution < -0.4 is 5.32 Å². The monoisotopic (exact) mass is 478 g/mol. The van der Waals surface area contributed by atoms with Crippen LogP contribution in [0.2, 0.25) is 0 Å². The molecule has 0 radical (unpaired) electrons. The Labute approximate surface area is 204 Å². The lowest BCUT2D eigenvalue weighted by molar-refractivity contribution is -0.177. The smallest absolute Gasteiger partial charge is 0.407 e. The second kappa shape index (κ2) is 9.34. The number of fused-ring (bicyclic) bond motifs is 3. The van der Waals surface area contributed by atoms with Gasteiger partial charge in [0.05, 0.1) is 13.2 Å². The minimum atomic E-state index is -1.46. The number of carbonyl (C=O) groups is 3. The molecule has 1 aliphatic heterocycles. The van der Waals surface area contributed by atoms with E-state index >= 15 is 0 Å². The molecule has 2 fully saturated rings. The summed E-state index contributed by atoms with van der Waals surface area (Å²) in [6.07, 6.45) is 1.92. The highest BCUT2D eigenvalue weighted by Gasteiger charge is 2.43. The van der Waals surface area contributed by atoms with Gasteiger partial charge in [-0.3, -0.25) is 4.79 Å². The first kappa shape index (κ1) is 23.4. The Kier molecular flexibility index (Phi) is 6.23. The molecule has 8 heteroatoms. The summed E-state index contributed by atoms with van der Waals surface area (Å²) in [5, 5.41) is 12.3. The fourth-order valence-corrected chi connectivity index (χ4v) is 5.10. The van der Waals surface area contributed by atoms with Gasteiger partial charge in [-0.2, -0.15) is 0 Å². The van der Waals surface area contributed by atoms with Crippen molar-refractivity contribution in [3.8, 4) is 11.1 Å². The van der Waals surface area contributed by atoms with E-state index in [9.17, 15) is 19.5 Å². The van der Waals surface area contributed by atoms with Gasteiger partial charge < -0.3 is 24.8 Å². The Morgan fingerprint density at radius 1 is 1.11 bits per heavy atom. The molecule has 2 atom stereocenters. The van der Waals surface area contributed by atoms with Gasteiger partial charge in [0.1, 0.15) is 12.6 Å². The van der Waals surface area contributed by atoms with Crippen molar-refractivity contribution in [3.05, 3.63) is 59.7 Å². The number of carbonyl (C=O) groups excluding carboxylic acids is 2. The van der Waals surface area contributed by atoms with Crippen molar-refractivity contribution >= 4 is 18.0 Å². The number of aliphatic carboxylic acids is 1. The number of hydrogen-bond donors (Lipinski definition) is 2. The molecular weight excluding hydrogens is 448 g/mol. The predicted octanol–water partition coefficient (Wildman–Crippen LogP) is 3.40. The third kappa shape index (κ3) is 4.75. The molecule has 2 aromatic carbocycles. The summed E-state index contributed by atoms with van der Waals surface area (Å²) in [6, 6.07) is 15.5. The van der Waals surface area contributed by atoms with Crippen LogP contribution in [0.1, 0.15) is 43.2 Å². The van der Waals surface area contributed by atoms with E-state index in [0.717, 1.165) is 35.1 Å². The van der Waals surface area contributed by atoms with Gasteiger partial charge in [-0.25, -0.2) is 9.59 Å². The van der Waals surface area contributed by atoms with Crippen molar-refractivity contribution in [2.24, 2.45) is 5.92 Å². The van der Waals surface area contributed by atoms with Gasteiger partial charge in [0.25, 0.3) is 0 Å². The first-order chi connectivity index (χ1) is 16.9. The van der Waals surface area contributed by atoms with E-state index in [1.165, 1.54) is 11.8 Å². The zero-order valence-electron chi connectivity index (χ0n) is 19.7. The Hall–Kier alpha value is -3.39. The molecule has 1 saturated heterocycles. The number of nitrogens with zero attached hydrogens (tertiary/aromatic N) is 1. The van der Waals surface area contributed by atoms with Gasteiger partial charge in [-0.15, -0.1) is 0 Å². The van der Waals surface area contributed by atoms with Crippen molar-refractivity contribution in [3.63, 3.8) is 0 Å². The third-order valence-electron chi connectivity index (χ3n) is 7.24. The second-order valence-electron chi connectivity index (χ2n) is 9.85. The summed E-state index contributed by atoms with van der Waals surface area (Å²) in [6.45, 7) is 1.99. The average molecular weight is 479 g/mol. The zero-order chi connectivity index (χ0) is 24.6. The number of nitrogens with one attached hydrogen (secondary N) is 1. The van der Waals surface area contributed by atoms with Gasteiger partial charge in [0.2, 0.25) is 5.91 Å². The minimum Gasteiger partial charge on any atom is -0.479 e. The van der Waals surface area contributed by atoms with Gasteiger partial charge in [0, 0.05) is 12.5 Å². The van der Waals surface area contributed by atoms with Gasteiger partial charge in [-0.05, 0) is 41.5 Å². The standard InChI is InChI=1S/C27H30N2O6/c1-27(25(31)32)16-29(12-13-35-27)24(30)23(14-17-10-11-17)28-26(33)34-15-22-20-8-4-2-6-18(20)19-7-3-5-9-21(19)22/h2-9,17,22-23H,10-16H2,1H3,(H,28,33)(H,31,32). The van der Waals surface area contributed by atoms with Gasteiger partial charge in [-0.1, -0.05) is 61.4 Å². The molecule has 8 nitrogen and oxygen atoms in total. The molecule has 2 amide bonds. The van der Waals surface area contributed by atoms with Gasteiger partial charge >= 0.3 is 12.1 Å². The summed E-state index contributed by atoms with van der Waals surface area (Å²) in [7, 11) is 0. The fraction of sp³-hybridized carbons (Fsp3) is 0.444. The molecule has 0 spiro atoms. The maximum atomic E-state index is 13.3. The highest BCUT2D eigenvalue weighted by atomic mass is 16.5. The molecule has 0 bridgehead atoms. The Bertz CT molecular complexity index is 1100. The molecule has 2 aromatic rings. The van der Waals surface area contributed by atoms with E-state index in [1.54, 1.807) is 0 Å². The average Bonchev–Trinajstić information content (AvgIpc) is 3.62. The molecule has 184 valence electrons. The normalized spacial score (nSPS) is 22.1. The quantitative estimate of drug-likeness (QED) is 0.632. The highest BCUT2D eigenvalue weighted by molar-refractivity contribution is 5.87. The summed E-state index contributed by atoms with van der Waals surface area (Å²) >= 11 is 0. The maximum Gasteiger partial charge on any atom is 0.407 e. The number of rotatable bonds is 7. The topological polar surface area (TPSA) is 105 Å². The molecular formula is C27H30N2O6. The van der Waals surface area contributed by atoms with Crippen LogP contribution in [0.3, 0.4) is 0 Å². The number of hydrogen-bond acceptors (Lipinski definition) is 5. The van der Waals surface area contributed by atoms with E-state index in [0.29, 0.717) is 12.3 Å².